The predicted molar refractivity (Wildman–Crippen MR) is 113 cm³/mol. The quantitative estimate of drug-likeness (QED) is 0.796. The maximum atomic E-state index is 13.6. The third-order valence-corrected chi connectivity index (χ3v) is 8.68. The molecule has 1 amide bonds. The molecule has 158 valence electrons. The van der Waals surface area contributed by atoms with E-state index in [1.807, 2.05) is 26.8 Å². The first-order valence-corrected chi connectivity index (χ1v) is 11.7. The Kier molecular flexibility index (Phi) is 4.08. The molecule has 8 heteroatoms. The summed E-state index contributed by atoms with van der Waals surface area (Å²) in [4.78, 5) is 24.8. The largest absolute Gasteiger partial charge is 0.325 e. The Morgan fingerprint density at radius 2 is 1.87 bits per heavy atom. The zero-order valence-corrected chi connectivity index (χ0v) is 18.1. The highest BCUT2D eigenvalue weighted by molar-refractivity contribution is 7.89. The molecule has 5 rings (SSSR count). The SMILES string of the molecule is Cc1cc(S(=O)(=O)N2C[C@H]3C[C@@H](C2)c2cccc(=O)n2C3)cc2c1NC(=O)C2(C)C. The van der Waals surface area contributed by atoms with Gasteiger partial charge in [-0.25, -0.2) is 8.42 Å². The summed E-state index contributed by atoms with van der Waals surface area (Å²) in [6.45, 7) is 6.75. The minimum absolute atomic E-state index is 0.0105. The molecular formula is C22H25N3O4S. The van der Waals surface area contributed by atoms with Crippen LogP contribution >= 0.6 is 0 Å². The van der Waals surface area contributed by atoms with E-state index in [1.165, 1.54) is 0 Å². The molecule has 2 atom stereocenters. The van der Waals surface area contributed by atoms with Gasteiger partial charge in [0.2, 0.25) is 15.9 Å². The van der Waals surface area contributed by atoms with E-state index in [9.17, 15) is 18.0 Å². The van der Waals surface area contributed by atoms with E-state index in [0.29, 0.717) is 25.3 Å². The first-order valence-electron chi connectivity index (χ1n) is 10.3. The van der Waals surface area contributed by atoms with Gasteiger partial charge in [-0.05, 0) is 62.4 Å². The lowest BCUT2D eigenvalue weighted by molar-refractivity contribution is -0.119. The van der Waals surface area contributed by atoms with Gasteiger partial charge in [0.1, 0.15) is 0 Å². The van der Waals surface area contributed by atoms with Crippen molar-refractivity contribution < 1.29 is 13.2 Å². The summed E-state index contributed by atoms with van der Waals surface area (Å²) in [7, 11) is -3.72. The fourth-order valence-corrected chi connectivity index (χ4v) is 6.83. The van der Waals surface area contributed by atoms with Crippen molar-refractivity contribution in [2.45, 2.75) is 50.0 Å². The molecule has 1 saturated heterocycles. The van der Waals surface area contributed by atoms with Crippen molar-refractivity contribution in [2.75, 3.05) is 18.4 Å². The molecule has 3 aliphatic heterocycles. The maximum absolute atomic E-state index is 13.6. The fraction of sp³-hybridized carbons (Fsp3) is 0.455. The number of hydrogen-bond acceptors (Lipinski definition) is 4. The molecule has 1 fully saturated rings. The Morgan fingerprint density at radius 1 is 1.10 bits per heavy atom. The average Bonchev–Trinajstić information content (AvgIpc) is 2.92. The molecule has 4 heterocycles. The van der Waals surface area contributed by atoms with E-state index in [-0.39, 0.29) is 28.2 Å². The van der Waals surface area contributed by atoms with Crippen LogP contribution in [0, 0.1) is 12.8 Å². The number of piperidine rings is 1. The highest BCUT2D eigenvalue weighted by Gasteiger charge is 2.43. The summed E-state index contributed by atoms with van der Waals surface area (Å²) in [5, 5.41) is 2.88. The van der Waals surface area contributed by atoms with Gasteiger partial charge in [0.25, 0.3) is 5.56 Å². The van der Waals surface area contributed by atoms with Crippen LogP contribution in [-0.4, -0.2) is 36.3 Å². The summed E-state index contributed by atoms with van der Waals surface area (Å²) >= 11 is 0. The van der Waals surface area contributed by atoms with Gasteiger partial charge < -0.3 is 9.88 Å². The Balaban J connectivity index is 1.54. The van der Waals surface area contributed by atoms with Gasteiger partial charge in [0.15, 0.2) is 0 Å². The molecule has 3 aliphatic rings. The first-order chi connectivity index (χ1) is 14.1. The highest BCUT2D eigenvalue weighted by atomic mass is 32.2. The summed E-state index contributed by atoms with van der Waals surface area (Å²) < 4.78 is 30.5. The zero-order chi connectivity index (χ0) is 21.4. The number of amides is 1. The fourth-order valence-electron chi connectivity index (χ4n) is 5.15. The van der Waals surface area contributed by atoms with Crippen molar-refractivity contribution in [1.82, 2.24) is 8.87 Å². The van der Waals surface area contributed by atoms with Crippen LogP contribution in [0.25, 0.3) is 0 Å². The normalized spacial score (nSPS) is 24.8. The monoisotopic (exact) mass is 427 g/mol. The molecule has 1 N–H and O–H groups in total. The number of nitrogens with one attached hydrogen (secondary N) is 1. The van der Waals surface area contributed by atoms with E-state index >= 15 is 0 Å². The summed E-state index contributed by atoms with van der Waals surface area (Å²) in [5.74, 6) is 0.00224. The van der Waals surface area contributed by atoms with Crippen LogP contribution in [0.5, 0.6) is 0 Å². The summed E-state index contributed by atoms with van der Waals surface area (Å²) in [5.41, 5.74) is 2.31. The molecule has 30 heavy (non-hydrogen) atoms. The second kappa shape index (κ2) is 6.28. The van der Waals surface area contributed by atoms with Crippen LogP contribution in [0.4, 0.5) is 5.69 Å². The first kappa shape index (κ1) is 19.5. The van der Waals surface area contributed by atoms with Crippen LogP contribution in [0.3, 0.4) is 0 Å². The number of fused-ring (bicyclic) bond motifs is 5. The number of benzene rings is 1. The van der Waals surface area contributed by atoms with E-state index in [4.69, 9.17) is 0 Å². The summed E-state index contributed by atoms with van der Waals surface area (Å²) in [6, 6.07) is 8.54. The van der Waals surface area contributed by atoms with Gasteiger partial charge in [-0.1, -0.05) is 6.07 Å². The van der Waals surface area contributed by atoms with Crippen LogP contribution in [-0.2, 0) is 26.8 Å². The molecule has 0 aliphatic carbocycles. The second-order valence-electron chi connectivity index (χ2n) is 9.26. The van der Waals surface area contributed by atoms with Gasteiger partial charge in [-0.15, -0.1) is 0 Å². The molecule has 0 spiro atoms. The number of hydrogen-bond donors (Lipinski definition) is 1. The molecule has 0 radical (unpaired) electrons. The standard InChI is InChI=1S/C22H25N3O4S/c1-13-7-16(9-17-20(13)23-21(27)22(17,2)3)30(28,29)24-10-14-8-15(12-24)18-5-4-6-19(26)25(18)11-14/h4-7,9,14-15H,8,10-12H2,1-3H3,(H,23,27)/t14-,15+/m1/s1. The number of carbonyl (C=O) groups is 1. The number of rotatable bonds is 2. The van der Waals surface area contributed by atoms with E-state index < -0.39 is 15.4 Å². The van der Waals surface area contributed by atoms with E-state index in [2.05, 4.69) is 5.32 Å². The molecular weight excluding hydrogens is 402 g/mol. The number of carbonyl (C=O) groups excluding carboxylic acids is 1. The lowest BCUT2D eigenvalue weighted by atomic mass is 9.84. The number of aryl methyl sites for hydroxylation is 1. The van der Waals surface area contributed by atoms with Gasteiger partial charge >= 0.3 is 0 Å². The van der Waals surface area contributed by atoms with Crippen LogP contribution in [0.15, 0.2) is 40.0 Å². The maximum Gasteiger partial charge on any atom is 0.250 e. The third-order valence-electron chi connectivity index (χ3n) is 6.87. The summed E-state index contributed by atoms with van der Waals surface area (Å²) in [6.07, 6.45) is 0.893. The lowest BCUT2D eigenvalue weighted by Crippen LogP contribution is -2.49. The Morgan fingerprint density at radius 3 is 2.63 bits per heavy atom. The van der Waals surface area contributed by atoms with Crippen molar-refractivity contribution >= 4 is 21.6 Å². The van der Waals surface area contributed by atoms with Crippen molar-refractivity contribution in [1.29, 1.82) is 0 Å². The van der Waals surface area contributed by atoms with Crippen molar-refractivity contribution in [3.8, 4) is 0 Å². The number of anilines is 1. The Hall–Kier alpha value is -2.45. The molecule has 0 saturated carbocycles. The highest BCUT2D eigenvalue weighted by Crippen LogP contribution is 2.42. The Bertz CT molecular complexity index is 1250. The molecule has 7 nitrogen and oxygen atoms in total. The van der Waals surface area contributed by atoms with E-state index in [1.54, 1.807) is 33.1 Å². The van der Waals surface area contributed by atoms with Crippen molar-refractivity contribution in [3.05, 3.63) is 57.5 Å². The molecule has 2 bridgehead atoms. The minimum atomic E-state index is -3.72. The third kappa shape index (κ3) is 2.70. The topological polar surface area (TPSA) is 88.5 Å². The number of nitrogens with zero attached hydrogens (tertiary/aromatic N) is 2. The van der Waals surface area contributed by atoms with Gasteiger partial charge in [0.05, 0.1) is 10.3 Å². The molecule has 2 aromatic rings. The van der Waals surface area contributed by atoms with Gasteiger partial charge in [-0.3, -0.25) is 9.59 Å². The van der Waals surface area contributed by atoms with Gasteiger partial charge in [-0.2, -0.15) is 4.31 Å². The smallest absolute Gasteiger partial charge is 0.250 e. The van der Waals surface area contributed by atoms with Crippen LogP contribution in [0.1, 0.15) is 43.0 Å². The van der Waals surface area contributed by atoms with Crippen molar-refractivity contribution in [2.24, 2.45) is 5.92 Å². The molecule has 1 aromatic carbocycles. The molecule has 0 unspecified atom stereocenters. The number of aromatic nitrogens is 1. The van der Waals surface area contributed by atoms with Crippen LogP contribution in [0.2, 0.25) is 0 Å². The van der Waals surface area contributed by atoms with Crippen molar-refractivity contribution in [3.63, 3.8) is 0 Å². The molecule has 1 aromatic heterocycles. The lowest BCUT2D eigenvalue weighted by Gasteiger charge is -2.42. The van der Waals surface area contributed by atoms with E-state index in [0.717, 1.165) is 23.2 Å². The second-order valence-corrected chi connectivity index (χ2v) is 11.2. The minimum Gasteiger partial charge on any atom is -0.325 e. The number of sulfonamides is 1. The zero-order valence-electron chi connectivity index (χ0n) is 17.3. The Labute approximate surface area is 175 Å². The average molecular weight is 428 g/mol. The predicted octanol–water partition coefficient (Wildman–Crippen LogP) is 2.19. The van der Waals surface area contributed by atoms with Gasteiger partial charge in [0, 0.05) is 43.0 Å². The van der Waals surface area contributed by atoms with Crippen LogP contribution < -0.4 is 10.9 Å². The number of pyridine rings is 1.